The smallest absolute Gasteiger partial charge is 0.744 e. The maximum atomic E-state index is 11.5. The summed E-state index contributed by atoms with van der Waals surface area (Å²) in [6.45, 7) is 1.84. The van der Waals surface area contributed by atoms with E-state index in [2.05, 4.69) is 22.6 Å². The van der Waals surface area contributed by atoms with Crippen molar-refractivity contribution < 1.29 is 52.1 Å². The SMILES string of the molecule is Cc1cc(S(=O)(=O)[O-])ccc1C(=O)OCCI.[Na+]. The van der Waals surface area contributed by atoms with Crippen molar-refractivity contribution >= 4 is 38.7 Å². The van der Waals surface area contributed by atoms with Crippen molar-refractivity contribution in [3.63, 3.8) is 0 Å². The van der Waals surface area contributed by atoms with Crippen LogP contribution in [0.5, 0.6) is 0 Å². The number of carbonyl (C=O) groups excluding carboxylic acids is 1. The van der Waals surface area contributed by atoms with Crippen LogP contribution in [0.15, 0.2) is 23.1 Å². The zero-order chi connectivity index (χ0) is 13.1. The molecule has 0 saturated heterocycles. The Morgan fingerprint density at radius 1 is 1.44 bits per heavy atom. The van der Waals surface area contributed by atoms with E-state index < -0.39 is 16.1 Å². The fourth-order valence-electron chi connectivity index (χ4n) is 1.23. The average molecular weight is 392 g/mol. The third-order valence-corrected chi connectivity index (χ3v) is 3.29. The molecule has 0 bridgehead atoms. The molecular weight excluding hydrogens is 382 g/mol. The van der Waals surface area contributed by atoms with E-state index in [9.17, 15) is 17.8 Å². The van der Waals surface area contributed by atoms with E-state index in [0.29, 0.717) is 16.6 Å². The van der Waals surface area contributed by atoms with Crippen LogP contribution in [0.25, 0.3) is 0 Å². The first-order chi connectivity index (χ1) is 7.86. The second-order valence-corrected chi connectivity index (χ2v) is 5.71. The molecule has 18 heavy (non-hydrogen) atoms. The van der Waals surface area contributed by atoms with Crippen molar-refractivity contribution in [2.75, 3.05) is 11.0 Å². The van der Waals surface area contributed by atoms with Crippen molar-refractivity contribution in [3.8, 4) is 0 Å². The van der Waals surface area contributed by atoms with E-state index in [1.807, 2.05) is 0 Å². The number of alkyl halides is 1. The molecule has 0 atom stereocenters. The van der Waals surface area contributed by atoms with E-state index in [1.54, 1.807) is 6.92 Å². The van der Waals surface area contributed by atoms with E-state index in [-0.39, 0.29) is 40.0 Å². The summed E-state index contributed by atoms with van der Waals surface area (Å²) in [7, 11) is -4.49. The molecule has 0 radical (unpaired) electrons. The predicted molar refractivity (Wildman–Crippen MR) is 68.3 cm³/mol. The summed E-state index contributed by atoms with van der Waals surface area (Å²) < 4.78 is 37.9. The van der Waals surface area contributed by atoms with Crippen molar-refractivity contribution in [1.82, 2.24) is 0 Å². The zero-order valence-corrected chi connectivity index (χ0v) is 14.9. The van der Waals surface area contributed by atoms with Crippen molar-refractivity contribution in [3.05, 3.63) is 29.3 Å². The maximum absolute atomic E-state index is 11.5. The predicted octanol–water partition coefficient (Wildman–Crippen LogP) is -1.51. The van der Waals surface area contributed by atoms with Crippen LogP contribution in [0, 0.1) is 6.92 Å². The third kappa shape index (κ3) is 5.14. The van der Waals surface area contributed by atoms with Gasteiger partial charge in [-0.15, -0.1) is 0 Å². The Morgan fingerprint density at radius 2 is 2.06 bits per heavy atom. The number of hydrogen-bond acceptors (Lipinski definition) is 5. The normalized spacial score (nSPS) is 10.6. The molecule has 0 aliphatic rings. The molecule has 0 amide bonds. The number of carbonyl (C=O) groups is 1. The molecule has 0 aliphatic carbocycles. The zero-order valence-electron chi connectivity index (χ0n) is 9.97. The van der Waals surface area contributed by atoms with Crippen LogP contribution < -0.4 is 29.6 Å². The average Bonchev–Trinajstić information content (AvgIpc) is 2.24. The first-order valence-electron chi connectivity index (χ1n) is 4.66. The van der Waals surface area contributed by atoms with Crippen LogP contribution in [-0.4, -0.2) is 30.0 Å². The quantitative estimate of drug-likeness (QED) is 0.205. The Hall–Kier alpha value is 0.330. The first-order valence-corrected chi connectivity index (χ1v) is 7.59. The topological polar surface area (TPSA) is 83.5 Å². The van der Waals surface area contributed by atoms with Gasteiger partial charge < -0.3 is 9.29 Å². The molecule has 8 heteroatoms. The summed E-state index contributed by atoms with van der Waals surface area (Å²) >= 11 is 2.07. The van der Waals surface area contributed by atoms with Crippen molar-refractivity contribution in [1.29, 1.82) is 0 Å². The second kappa shape index (κ2) is 7.81. The van der Waals surface area contributed by atoms with Crippen LogP contribution in [0.2, 0.25) is 0 Å². The minimum atomic E-state index is -4.49. The Labute approximate surface area is 141 Å². The number of ether oxygens (including phenoxy) is 1. The van der Waals surface area contributed by atoms with Crippen LogP contribution in [0.4, 0.5) is 0 Å². The second-order valence-electron chi connectivity index (χ2n) is 3.26. The first kappa shape index (κ1) is 18.3. The molecule has 0 aliphatic heterocycles. The van der Waals surface area contributed by atoms with Gasteiger partial charge in [-0.1, -0.05) is 22.6 Å². The molecule has 94 valence electrons. The standard InChI is InChI=1S/C10H11IO5S.Na/c1-7-6-8(17(13,14)15)2-3-9(7)10(12)16-5-4-11;/h2-3,6H,4-5H2,1H3,(H,13,14,15);/q;+1/p-1. The van der Waals surface area contributed by atoms with Gasteiger partial charge in [-0.3, -0.25) is 0 Å². The Bertz CT molecular complexity index is 529. The third-order valence-electron chi connectivity index (χ3n) is 2.02. The largest absolute Gasteiger partial charge is 1.00 e. The molecule has 1 rings (SSSR count). The van der Waals surface area contributed by atoms with Gasteiger partial charge in [0.25, 0.3) is 0 Å². The molecule has 0 heterocycles. The number of rotatable bonds is 4. The van der Waals surface area contributed by atoms with Gasteiger partial charge in [0.15, 0.2) is 0 Å². The van der Waals surface area contributed by atoms with Gasteiger partial charge in [0, 0.05) is 4.43 Å². The molecule has 1 aromatic carbocycles. The van der Waals surface area contributed by atoms with Crippen LogP contribution >= 0.6 is 22.6 Å². The van der Waals surface area contributed by atoms with Crippen LogP contribution in [0.3, 0.4) is 0 Å². The Balaban J connectivity index is 0.00000289. The summed E-state index contributed by atoms with van der Waals surface area (Å²) in [5.74, 6) is -0.519. The molecule has 0 aromatic heterocycles. The van der Waals surface area contributed by atoms with Gasteiger partial charge in [0.1, 0.15) is 16.7 Å². The van der Waals surface area contributed by atoms with Gasteiger partial charge >= 0.3 is 35.5 Å². The number of benzene rings is 1. The number of hydrogen-bond donors (Lipinski definition) is 0. The minimum Gasteiger partial charge on any atom is -0.744 e. The maximum Gasteiger partial charge on any atom is 1.00 e. The van der Waals surface area contributed by atoms with Crippen molar-refractivity contribution in [2.24, 2.45) is 0 Å². The summed E-state index contributed by atoms with van der Waals surface area (Å²) in [5, 5.41) is 0. The summed E-state index contributed by atoms with van der Waals surface area (Å²) in [4.78, 5) is 11.2. The van der Waals surface area contributed by atoms with Gasteiger partial charge in [-0.25, -0.2) is 13.2 Å². The van der Waals surface area contributed by atoms with Gasteiger partial charge in [-0.05, 0) is 30.7 Å². The molecule has 0 fully saturated rings. The number of esters is 1. The number of halogens is 1. The van der Waals surface area contributed by atoms with Crippen LogP contribution in [-0.2, 0) is 14.9 Å². The van der Waals surface area contributed by atoms with Gasteiger partial charge in [0.2, 0.25) is 0 Å². The fraction of sp³-hybridized carbons (Fsp3) is 0.300. The fourth-order valence-corrected chi connectivity index (χ4v) is 2.01. The molecule has 5 nitrogen and oxygen atoms in total. The van der Waals surface area contributed by atoms with Gasteiger partial charge in [0.05, 0.1) is 10.5 Å². The molecule has 0 N–H and O–H groups in total. The summed E-state index contributed by atoms with van der Waals surface area (Å²) in [6.07, 6.45) is 0. The Kier molecular flexibility index (Phi) is 7.95. The molecule has 0 spiro atoms. The van der Waals surface area contributed by atoms with E-state index in [1.165, 1.54) is 12.1 Å². The molecule has 0 saturated carbocycles. The summed E-state index contributed by atoms with van der Waals surface area (Å²) in [5.41, 5.74) is 0.669. The van der Waals surface area contributed by atoms with Crippen molar-refractivity contribution in [2.45, 2.75) is 11.8 Å². The monoisotopic (exact) mass is 392 g/mol. The summed E-state index contributed by atoms with van der Waals surface area (Å²) in [6, 6.07) is 3.56. The van der Waals surface area contributed by atoms with Gasteiger partial charge in [-0.2, -0.15) is 0 Å². The molecule has 0 unspecified atom stereocenters. The number of aryl methyl sites for hydroxylation is 1. The van der Waals surface area contributed by atoms with E-state index in [0.717, 1.165) is 6.07 Å². The van der Waals surface area contributed by atoms with Crippen LogP contribution in [0.1, 0.15) is 15.9 Å². The molecule has 1 aromatic rings. The molecular formula is C10H10INaO5S. The Morgan fingerprint density at radius 3 is 2.50 bits per heavy atom. The van der Waals surface area contributed by atoms with E-state index in [4.69, 9.17) is 4.74 Å². The minimum absolute atomic E-state index is 0. The van der Waals surface area contributed by atoms with E-state index >= 15 is 0 Å².